The molecule has 88 valence electrons. The van der Waals surface area contributed by atoms with Gasteiger partial charge in [0.05, 0.1) is 0 Å². The average Bonchev–Trinajstić information content (AvgIpc) is 2.83. The van der Waals surface area contributed by atoms with Gasteiger partial charge in [-0.2, -0.15) is 11.3 Å². The molecule has 0 saturated heterocycles. The average molecular weight is 252 g/mol. The van der Waals surface area contributed by atoms with Crippen molar-refractivity contribution in [3.63, 3.8) is 0 Å². The molecule has 0 saturated carbocycles. The Hall–Kier alpha value is -1.93. The van der Waals surface area contributed by atoms with Gasteiger partial charge in [-0.05, 0) is 34.7 Å². The van der Waals surface area contributed by atoms with Gasteiger partial charge in [0.1, 0.15) is 0 Å². The first-order valence-electron chi connectivity index (χ1n) is 5.82. The molecule has 1 heterocycles. The minimum Gasteiger partial charge on any atom is -0.289 e. The standard InChI is InChI=1S/C16H12OS/c1-11-9-18-10-15(11)16(17)14-7-6-12-4-2-3-5-13(12)8-14/h2-10H,1H3. The molecular weight excluding hydrogens is 240 g/mol. The van der Waals surface area contributed by atoms with Crippen molar-refractivity contribution in [1.29, 1.82) is 0 Å². The fourth-order valence-electron chi connectivity index (χ4n) is 2.08. The fraction of sp³-hybridized carbons (Fsp3) is 0.0625. The van der Waals surface area contributed by atoms with E-state index in [0.29, 0.717) is 0 Å². The summed E-state index contributed by atoms with van der Waals surface area (Å²) < 4.78 is 0. The van der Waals surface area contributed by atoms with E-state index in [-0.39, 0.29) is 5.78 Å². The Balaban J connectivity index is 2.10. The molecule has 0 radical (unpaired) electrons. The maximum atomic E-state index is 12.4. The van der Waals surface area contributed by atoms with E-state index in [4.69, 9.17) is 0 Å². The summed E-state index contributed by atoms with van der Waals surface area (Å²) in [5, 5.41) is 6.20. The molecule has 18 heavy (non-hydrogen) atoms. The van der Waals surface area contributed by atoms with E-state index >= 15 is 0 Å². The molecule has 0 spiro atoms. The Morgan fingerprint density at radius 2 is 1.78 bits per heavy atom. The third kappa shape index (κ3) is 1.85. The number of rotatable bonds is 2. The molecule has 3 rings (SSSR count). The number of hydrogen-bond acceptors (Lipinski definition) is 2. The minimum absolute atomic E-state index is 0.111. The zero-order chi connectivity index (χ0) is 12.5. The van der Waals surface area contributed by atoms with Crippen molar-refractivity contribution in [2.75, 3.05) is 0 Å². The monoisotopic (exact) mass is 252 g/mol. The Labute approximate surface area is 110 Å². The van der Waals surface area contributed by atoms with Gasteiger partial charge in [0.2, 0.25) is 0 Å². The molecule has 2 heteroatoms. The normalized spacial score (nSPS) is 10.7. The summed E-state index contributed by atoms with van der Waals surface area (Å²) in [5.41, 5.74) is 2.63. The molecule has 0 fully saturated rings. The maximum absolute atomic E-state index is 12.4. The summed E-state index contributed by atoms with van der Waals surface area (Å²) in [5.74, 6) is 0.111. The molecule has 0 aliphatic heterocycles. The third-order valence-corrected chi connectivity index (χ3v) is 3.97. The van der Waals surface area contributed by atoms with E-state index < -0.39 is 0 Å². The smallest absolute Gasteiger partial charge is 0.194 e. The highest BCUT2D eigenvalue weighted by atomic mass is 32.1. The van der Waals surface area contributed by atoms with Gasteiger partial charge in [0, 0.05) is 16.5 Å². The van der Waals surface area contributed by atoms with Crippen LogP contribution in [0.25, 0.3) is 10.8 Å². The molecule has 0 amide bonds. The maximum Gasteiger partial charge on any atom is 0.194 e. The first kappa shape index (κ1) is 11.2. The summed E-state index contributed by atoms with van der Waals surface area (Å²) in [4.78, 5) is 12.4. The van der Waals surface area contributed by atoms with Crippen molar-refractivity contribution in [3.05, 3.63) is 69.9 Å². The summed E-state index contributed by atoms with van der Waals surface area (Å²) >= 11 is 1.57. The van der Waals surface area contributed by atoms with E-state index in [0.717, 1.165) is 27.5 Å². The molecule has 1 aromatic heterocycles. The Kier molecular flexibility index (Phi) is 2.73. The van der Waals surface area contributed by atoms with Gasteiger partial charge in [0.25, 0.3) is 0 Å². The van der Waals surface area contributed by atoms with Gasteiger partial charge < -0.3 is 0 Å². The van der Waals surface area contributed by atoms with Crippen LogP contribution in [0.4, 0.5) is 0 Å². The van der Waals surface area contributed by atoms with E-state index in [9.17, 15) is 4.79 Å². The number of thiophene rings is 1. The number of benzene rings is 2. The molecule has 0 aliphatic carbocycles. The number of hydrogen-bond donors (Lipinski definition) is 0. The summed E-state index contributed by atoms with van der Waals surface area (Å²) in [6, 6.07) is 14.0. The number of ketones is 1. The van der Waals surface area contributed by atoms with Crippen LogP contribution in [0.1, 0.15) is 21.5 Å². The number of carbonyl (C=O) groups is 1. The SMILES string of the molecule is Cc1cscc1C(=O)c1ccc2ccccc2c1. The summed E-state index contributed by atoms with van der Waals surface area (Å²) in [7, 11) is 0. The zero-order valence-corrected chi connectivity index (χ0v) is 10.8. The van der Waals surface area contributed by atoms with Crippen LogP contribution in [0.3, 0.4) is 0 Å². The Bertz CT molecular complexity index is 725. The predicted molar refractivity (Wildman–Crippen MR) is 76.4 cm³/mol. The molecule has 0 bridgehead atoms. The number of aryl methyl sites for hydroxylation is 1. The lowest BCUT2D eigenvalue weighted by Gasteiger charge is -2.03. The minimum atomic E-state index is 0.111. The fourth-order valence-corrected chi connectivity index (χ4v) is 2.91. The second-order valence-electron chi connectivity index (χ2n) is 4.36. The number of carbonyl (C=O) groups excluding carboxylic acids is 1. The van der Waals surface area contributed by atoms with Crippen molar-refractivity contribution in [2.45, 2.75) is 6.92 Å². The molecule has 0 unspecified atom stereocenters. The molecule has 3 aromatic rings. The number of fused-ring (bicyclic) bond motifs is 1. The third-order valence-electron chi connectivity index (χ3n) is 3.11. The van der Waals surface area contributed by atoms with Crippen LogP contribution in [-0.2, 0) is 0 Å². The summed E-state index contributed by atoms with van der Waals surface area (Å²) in [6.07, 6.45) is 0. The van der Waals surface area contributed by atoms with Gasteiger partial charge >= 0.3 is 0 Å². The highest BCUT2D eigenvalue weighted by molar-refractivity contribution is 7.08. The summed E-state index contributed by atoms with van der Waals surface area (Å²) in [6.45, 7) is 1.98. The van der Waals surface area contributed by atoms with E-state index in [2.05, 4.69) is 6.07 Å². The zero-order valence-electron chi connectivity index (χ0n) is 10.0. The topological polar surface area (TPSA) is 17.1 Å². The van der Waals surface area contributed by atoms with Crippen LogP contribution >= 0.6 is 11.3 Å². The first-order valence-corrected chi connectivity index (χ1v) is 6.76. The van der Waals surface area contributed by atoms with Crippen molar-refractivity contribution in [1.82, 2.24) is 0 Å². The van der Waals surface area contributed by atoms with Gasteiger partial charge in [-0.1, -0.05) is 36.4 Å². The van der Waals surface area contributed by atoms with E-state index in [1.807, 2.05) is 54.1 Å². The van der Waals surface area contributed by atoms with Gasteiger partial charge in [-0.3, -0.25) is 4.79 Å². The van der Waals surface area contributed by atoms with Gasteiger partial charge in [0.15, 0.2) is 5.78 Å². The van der Waals surface area contributed by atoms with Crippen LogP contribution in [0.5, 0.6) is 0 Å². The molecule has 0 aliphatic rings. The molecular formula is C16H12OS. The van der Waals surface area contributed by atoms with E-state index in [1.54, 1.807) is 11.3 Å². The largest absolute Gasteiger partial charge is 0.289 e. The lowest BCUT2D eigenvalue weighted by atomic mass is 10.00. The van der Waals surface area contributed by atoms with Crippen LogP contribution in [0.2, 0.25) is 0 Å². The van der Waals surface area contributed by atoms with Crippen LogP contribution in [-0.4, -0.2) is 5.78 Å². The van der Waals surface area contributed by atoms with Crippen LogP contribution < -0.4 is 0 Å². The highest BCUT2D eigenvalue weighted by Gasteiger charge is 2.12. The van der Waals surface area contributed by atoms with Gasteiger partial charge in [-0.25, -0.2) is 0 Å². The second-order valence-corrected chi connectivity index (χ2v) is 5.10. The first-order chi connectivity index (χ1) is 8.75. The van der Waals surface area contributed by atoms with Crippen molar-refractivity contribution in [3.8, 4) is 0 Å². The van der Waals surface area contributed by atoms with Crippen molar-refractivity contribution >= 4 is 27.9 Å². The lowest BCUT2D eigenvalue weighted by Crippen LogP contribution is -2.01. The van der Waals surface area contributed by atoms with Gasteiger partial charge in [-0.15, -0.1) is 0 Å². The second kappa shape index (κ2) is 4.39. The Morgan fingerprint density at radius 3 is 2.50 bits per heavy atom. The van der Waals surface area contributed by atoms with Crippen molar-refractivity contribution < 1.29 is 4.79 Å². The predicted octanol–water partition coefficient (Wildman–Crippen LogP) is 4.44. The quantitative estimate of drug-likeness (QED) is 0.616. The molecule has 1 nitrogen and oxygen atoms in total. The highest BCUT2D eigenvalue weighted by Crippen LogP contribution is 2.21. The molecule has 0 atom stereocenters. The molecule has 0 N–H and O–H groups in total. The lowest BCUT2D eigenvalue weighted by molar-refractivity contribution is 0.103. The van der Waals surface area contributed by atoms with E-state index in [1.165, 1.54) is 0 Å². The van der Waals surface area contributed by atoms with Crippen LogP contribution in [0.15, 0.2) is 53.2 Å². The van der Waals surface area contributed by atoms with Crippen LogP contribution in [0, 0.1) is 6.92 Å². The van der Waals surface area contributed by atoms with Crippen molar-refractivity contribution in [2.24, 2.45) is 0 Å². The molecule has 2 aromatic carbocycles. The Morgan fingerprint density at radius 1 is 1.00 bits per heavy atom.